The number of rotatable bonds is 11. The van der Waals surface area contributed by atoms with Gasteiger partial charge in [0, 0.05) is 44.8 Å². The summed E-state index contributed by atoms with van der Waals surface area (Å²) in [5, 5.41) is 7.57. The van der Waals surface area contributed by atoms with Crippen LogP contribution in [0.1, 0.15) is 0 Å². The molecule has 4 heteroatoms. The minimum Gasteiger partial charge on any atom is -0.456 e. The molecule has 0 fully saturated rings. The van der Waals surface area contributed by atoms with Crippen molar-refractivity contribution in [1.29, 1.82) is 0 Å². The third-order valence-electron chi connectivity index (χ3n) is 15.3. The topological polar surface area (TPSA) is 19.6 Å². The summed E-state index contributed by atoms with van der Waals surface area (Å²) in [5.41, 5.74) is 17.9. The van der Waals surface area contributed by atoms with Crippen LogP contribution in [0.4, 0.5) is 34.1 Å². The van der Waals surface area contributed by atoms with Crippen LogP contribution in [0, 0.1) is 0 Å². The van der Waals surface area contributed by atoms with E-state index in [0.29, 0.717) is 0 Å². The summed E-state index contributed by atoms with van der Waals surface area (Å²) < 4.78 is 6.43. The summed E-state index contributed by atoms with van der Waals surface area (Å²) in [6.07, 6.45) is 0. The highest BCUT2D eigenvalue weighted by atomic mass is 28.3. The summed E-state index contributed by atoms with van der Waals surface area (Å²) in [6, 6.07) is 111. The zero-order valence-electron chi connectivity index (χ0n) is 41.7. The van der Waals surface area contributed by atoms with Gasteiger partial charge in [-0.2, -0.15) is 0 Å². The molecule has 1 aliphatic heterocycles. The highest BCUT2D eigenvalue weighted by Crippen LogP contribution is 2.45. The van der Waals surface area contributed by atoms with Crippen LogP contribution < -0.4 is 30.5 Å². The van der Waals surface area contributed by atoms with Crippen LogP contribution in [0.3, 0.4) is 0 Å². The Hall–Kier alpha value is -9.74. The van der Waals surface area contributed by atoms with Crippen LogP contribution in [0.5, 0.6) is 0 Å². The van der Waals surface area contributed by atoms with Crippen LogP contribution in [-0.2, 0) is 0 Å². The van der Waals surface area contributed by atoms with Gasteiger partial charge in [0.1, 0.15) is 11.2 Å². The maximum atomic E-state index is 6.43. The van der Waals surface area contributed by atoms with E-state index in [1.165, 1.54) is 54.1 Å². The minimum atomic E-state index is -3.15. The fourth-order valence-corrected chi connectivity index (χ4v) is 17.0. The van der Waals surface area contributed by atoms with Crippen molar-refractivity contribution >= 4 is 84.9 Å². The maximum absolute atomic E-state index is 6.43. The van der Waals surface area contributed by atoms with Gasteiger partial charge in [-0.05, 0) is 139 Å². The number of para-hydroxylation sites is 4. The molecule has 0 atom stereocenters. The third kappa shape index (κ3) is 7.66. The van der Waals surface area contributed by atoms with Crippen molar-refractivity contribution in [2.24, 2.45) is 0 Å². The van der Waals surface area contributed by atoms with Crippen molar-refractivity contribution < 1.29 is 4.42 Å². The Balaban J connectivity index is 1.05. The van der Waals surface area contributed by atoms with E-state index < -0.39 is 8.07 Å². The van der Waals surface area contributed by atoms with Gasteiger partial charge in [0.2, 0.25) is 0 Å². The number of benzene rings is 12. The molecular weight excluding hydrogens is 937 g/mol. The van der Waals surface area contributed by atoms with Crippen molar-refractivity contribution in [3.05, 3.63) is 303 Å². The van der Waals surface area contributed by atoms with Gasteiger partial charge in [-0.15, -0.1) is 0 Å². The molecule has 0 aliphatic carbocycles. The van der Waals surface area contributed by atoms with E-state index >= 15 is 0 Å². The Morgan fingerprint density at radius 2 is 0.711 bits per heavy atom. The zero-order valence-corrected chi connectivity index (χ0v) is 42.7. The Morgan fingerprint density at radius 1 is 0.250 bits per heavy atom. The first-order valence-electron chi connectivity index (χ1n) is 26.1. The largest absolute Gasteiger partial charge is 0.456 e. The third-order valence-corrected chi connectivity index (χ3v) is 20.2. The predicted octanol–water partition coefficient (Wildman–Crippen LogP) is 16.9. The molecule has 0 N–H and O–H groups in total. The molecule has 14 rings (SSSR count). The molecule has 1 aromatic heterocycles. The summed E-state index contributed by atoms with van der Waals surface area (Å²) in [6.45, 7) is 0. The molecule has 12 aromatic carbocycles. The molecule has 0 radical (unpaired) electrons. The monoisotopic (exact) mass is 986 g/mol. The Morgan fingerprint density at radius 3 is 1.33 bits per heavy atom. The molecule has 13 aromatic rings. The molecule has 1 aliphatic rings. The molecule has 2 heterocycles. The lowest BCUT2D eigenvalue weighted by atomic mass is 10.00. The van der Waals surface area contributed by atoms with E-state index in [2.05, 4.69) is 307 Å². The molecule has 0 amide bonds. The number of furan rings is 1. The quantitative estimate of drug-likeness (QED) is 0.120. The fourth-order valence-electron chi connectivity index (χ4n) is 11.9. The number of nitrogens with zero attached hydrogens (tertiary/aromatic N) is 2. The van der Waals surface area contributed by atoms with Gasteiger partial charge >= 0.3 is 0 Å². The summed E-state index contributed by atoms with van der Waals surface area (Å²) in [5.74, 6) is 0. The first-order valence-corrected chi connectivity index (χ1v) is 28.1. The number of hydrogen-bond donors (Lipinski definition) is 0. The molecule has 0 saturated carbocycles. The Bertz CT molecular complexity index is 4080. The van der Waals surface area contributed by atoms with Crippen LogP contribution >= 0.6 is 0 Å². The fraction of sp³-hybridized carbons (Fsp3) is 0. The van der Waals surface area contributed by atoms with Crippen molar-refractivity contribution in [2.75, 3.05) is 9.80 Å². The molecular formula is C72H50N2OSi. The highest BCUT2D eigenvalue weighted by molar-refractivity contribution is 7.22. The van der Waals surface area contributed by atoms with Crippen LogP contribution in [0.25, 0.3) is 66.4 Å². The van der Waals surface area contributed by atoms with E-state index in [9.17, 15) is 0 Å². The Labute approximate surface area is 444 Å². The lowest BCUT2D eigenvalue weighted by Gasteiger charge is -2.33. The van der Waals surface area contributed by atoms with E-state index in [1.807, 2.05) is 6.07 Å². The molecule has 76 heavy (non-hydrogen) atoms. The summed E-state index contributed by atoms with van der Waals surface area (Å²) >= 11 is 0. The van der Waals surface area contributed by atoms with Crippen molar-refractivity contribution in [3.63, 3.8) is 0 Å². The van der Waals surface area contributed by atoms with Gasteiger partial charge in [0.15, 0.2) is 8.07 Å². The average molecular weight is 987 g/mol. The highest BCUT2D eigenvalue weighted by Gasteiger charge is 2.49. The van der Waals surface area contributed by atoms with Gasteiger partial charge in [0.25, 0.3) is 0 Å². The van der Waals surface area contributed by atoms with Gasteiger partial charge in [-0.1, -0.05) is 224 Å². The summed E-state index contributed by atoms with van der Waals surface area (Å²) in [7, 11) is -3.15. The number of fused-ring (bicyclic) bond motifs is 6. The standard InChI is InChI=1S/C72H50N2OSi/c1-6-20-51(21-7-1)53-34-41-61(42-35-53)76(62-43-36-54(37-44-62)52-22-8-2-9-23-52)71-47-40-59(49-67(71)65-45-38-60(50-72(65)76)73(56-26-12-4-13-27-56)57-28-14-5-15-29-57)74(68-32-18-16-30-63(68)55-24-10-3-11-25-55)58-39-46-70-66(48-58)64-31-17-19-33-69(64)75-70/h1-50H. The first kappa shape index (κ1) is 44.9. The second-order valence-corrected chi connectivity index (χ2v) is 23.3. The minimum absolute atomic E-state index is 0.868. The van der Waals surface area contributed by atoms with E-state index in [1.54, 1.807) is 0 Å². The Kier molecular flexibility index (Phi) is 11.2. The average Bonchev–Trinajstić information content (AvgIpc) is 4.21. The van der Waals surface area contributed by atoms with Crippen molar-refractivity contribution in [2.45, 2.75) is 0 Å². The van der Waals surface area contributed by atoms with Gasteiger partial charge in [-0.25, -0.2) is 0 Å². The smallest absolute Gasteiger partial charge is 0.180 e. The molecule has 358 valence electrons. The molecule has 0 unspecified atom stereocenters. The lowest BCUT2D eigenvalue weighted by molar-refractivity contribution is 0.669. The normalized spacial score (nSPS) is 12.3. The van der Waals surface area contributed by atoms with E-state index in [0.717, 1.165) is 67.2 Å². The predicted molar refractivity (Wildman–Crippen MR) is 322 cm³/mol. The first-order chi connectivity index (χ1) is 37.7. The molecule has 0 saturated heterocycles. The van der Waals surface area contributed by atoms with Gasteiger partial charge < -0.3 is 14.2 Å². The number of anilines is 6. The second kappa shape index (κ2) is 18.9. The maximum Gasteiger partial charge on any atom is 0.180 e. The van der Waals surface area contributed by atoms with Crippen LogP contribution in [0.15, 0.2) is 308 Å². The zero-order chi connectivity index (χ0) is 50.4. The second-order valence-electron chi connectivity index (χ2n) is 19.6. The van der Waals surface area contributed by atoms with Crippen molar-refractivity contribution in [1.82, 2.24) is 0 Å². The molecule has 3 nitrogen and oxygen atoms in total. The summed E-state index contributed by atoms with van der Waals surface area (Å²) in [4.78, 5) is 4.86. The van der Waals surface area contributed by atoms with Crippen LogP contribution in [0.2, 0.25) is 0 Å². The van der Waals surface area contributed by atoms with Crippen LogP contribution in [-0.4, -0.2) is 8.07 Å². The van der Waals surface area contributed by atoms with Crippen molar-refractivity contribution in [3.8, 4) is 44.5 Å². The SMILES string of the molecule is c1ccc(-c2ccc([Si]3(c4ccc(-c5ccccc5)cc4)c4ccc(N(c5ccc6oc7ccccc7c6c5)c5ccccc5-c5ccccc5)cc4-c4ccc(N(c5ccccc5)c5ccccc5)cc43)cc2)cc1. The number of hydrogen-bond acceptors (Lipinski definition) is 3. The van der Waals surface area contributed by atoms with E-state index in [4.69, 9.17) is 4.42 Å². The van der Waals surface area contributed by atoms with Gasteiger partial charge in [0.05, 0.1) is 5.69 Å². The van der Waals surface area contributed by atoms with Gasteiger partial charge in [-0.3, -0.25) is 0 Å². The molecule has 0 bridgehead atoms. The lowest BCUT2D eigenvalue weighted by Crippen LogP contribution is -2.72. The van der Waals surface area contributed by atoms with E-state index in [-0.39, 0.29) is 0 Å². The molecule has 0 spiro atoms.